The van der Waals surface area contributed by atoms with Crippen molar-refractivity contribution in [3.05, 3.63) is 46.5 Å². The number of piperidine rings is 1. The molecule has 138 valence electrons. The standard InChI is InChI=1S/C19H20F2N2O2S/c20-14-5-10-1-2-12(13(10)7-15(14)21)16(22)8-18(24)23-4-3-17-11(9-23)6-19(25)26-17/h5-7,12,16-17H,1-4,8-9,22H2. The van der Waals surface area contributed by atoms with Crippen LogP contribution in [-0.4, -0.2) is 40.3 Å². The highest BCUT2D eigenvalue weighted by atomic mass is 32.2. The Morgan fingerprint density at radius 3 is 2.88 bits per heavy atom. The molecule has 2 aliphatic heterocycles. The molecule has 1 aromatic carbocycles. The van der Waals surface area contributed by atoms with E-state index in [1.807, 2.05) is 0 Å². The number of hydrogen-bond donors (Lipinski definition) is 1. The Hall–Kier alpha value is -1.73. The van der Waals surface area contributed by atoms with Crippen LogP contribution in [0.2, 0.25) is 0 Å². The molecule has 0 aromatic heterocycles. The molecule has 1 aromatic rings. The number of fused-ring (bicyclic) bond motifs is 2. The fourth-order valence-electron chi connectivity index (χ4n) is 4.22. The molecule has 1 aliphatic carbocycles. The number of nitrogens with zero attached hydrogens (tertiary/aromatic N) is 1. The second-order valence-corrected chi connectivity index (χ2v) is 8.43. The fourth-order valence-corrected chi connectivity index (χ4v) is 5.24. The predicted molar refractivity (Wildman–Crippen MR) is 95.7 cm³/mol. The first-order valence-electron chi connectivity index (χ1n) is 8.84. The van der Waals surface area contributed by atoms with Crippen LogP contribution in [0.4, 0.5) is 8.78 Å². The van der Waals surface area contributed by atoms with Gasteiger partial charge in [-0.25, -0.2) is 8.78 Å². The molecule has 2 heterocycles. The lowest BCUT2D eigenvalue weighted by Gasteiger charge is -2.32. The Morgan fingerprint density at radius 2 is 2.08 bits per heavy atom. The van der Waals surface area contributed by atoms with Gasteiger partial charge in [0.05, 0.1) is 0 Å². The first-order valence-corrected chi connectivity index (χ1v) is 9.72. The van der Waals surface area contributed by atoms with E-state index in [0.717, 1.165) is 23.1 Å². The van der Waals surface area contributed by atoms with E-state index in [0.29, 0.717) is 25.9 Å². The van der Waals surface area contributed by atoms with E-state index in [2.05, 4.69) is 0 Å². The SMILES string of the molecule is NC(CC(=O)N1CCC2SC(=O)C=C2C1)C1CCc2cc(F)c(F)cc21. The number of carbonyl (C=O) groups excluding carboxylic acids is 2. The van der Waals surface area contributed by atoms with Gasteiger partial charge in [0.25, 0.3) is 0 Å². The topological polar surface area (TPSA) is 63.4 Å². The molecule has 3 aliphatic rings. The molecule has 1 amide bonds. The van der Waals surface area contributed by atoms with Gasteiger partial charge in [-0.2, -0.15) is 0 Å². The Bertz CT molecular complexity index is 811. The molecule has 7 heteroatoms. The third kappa shape index (κ3) is 3.18. The fraction of sp³-hybridized carbons (Fsp3) is 0.474. The highest BCUT2D eigenvalue weighted by molar-refractivity contribution is 8.15. The van der Waals surface area contributed by atoms with Crippen molar-refractivity contribution in [1.29, 1.82) is 0 Å². The van der Waals surface area contributed by atoms with Crippen LogP contribution in [0, 0.1) is 11.6 Å². The van der Waals surface area contributed by atoms with Crippen molar-refractivity contribution in [3.8, 4) is 0 Å². The zero-order valence-corrected chi connectivity index (χ0v) is 15.0. The Labute approximate surface area is 154 Å². The van der Waals surface area contributed by atoms with Gasteiger partial charge in [-0.3, -0.25) is 9.59 Å². The summed E-state index contributed by atoms with van der Waals surface area (Å²) in [5, 5.41) is 0.271. The Kier molecular flexibility index (Phi) is 4.61. The lowest BCUT2D eigenvalue weighted by molar-refractivity contribution is -0.131. The molecular weight excluding hydrogens is 358 g/mol. The summed E-state index contributed by atoms with van der Waals surface area (Å²) >= 11 is 1.33. The molecule has 0 saturated carbocycles. The normalized spacial score (nSPS) is 25.7. The number of aryl methyl sites for hydroxylation is 1. The van der Waals surface area contributed by atoms with Crippen LogP contribution in [0.3, 0.4) is 0 Å². The van der Waals surface area contributed by atoms with E-state index in [9.17, 15) is 18.4 Å². The van der Waals surface area contributed by atoms with E-state index in [4.69, 9.17) is 5.73 Å². The molecule has 26 heavy (non-hydrogen) atoms. The summed E-state index contributed by atoms with van der Waals surface area (Å²) in [7, 11) is 0. The molecule has 0 bridgehead atoms. The minimum atomic E-state index is -0.869. The lowest BCUT2D eigenvalue weighted by atomic mass is 9.91. The quantitative estimate of drug-likeness (QED) is 0.878. The van der Waals surface area contributed by atoms with Gasteiger partial charge < -0.3 is 10.6 Å². The van der Waals surface area contributed by atoms with Crippen LogP contribution < -0.4 is 5.73 Å². The molecule has 1 saturated heterocycles. The highest BCUT2D eigenvalue weighted by Gasteiger charge is 2.35. The van der Waals surface area contributed by atoms with Crippen LogP contribution in [0.1, 0.15) is 36.3 Å². The molecule has 3 unspecified atom stereocenters. The maximum absolute atomic E-state index is 13.6. The lowest BCUT2D eigenvalue weighted by Crippen LogP contribution is -2.43. The van der Waals surface area contributed by atoms with E-state index in [-0.39, 0.29) is 28.6 Å². The largest absolute Gasteiger partial charge is 0.339 e. The number of amides is 1. The van der Waals surface area contributed by atoms with Crippen LogP contribution in [-0.2, 0) is 16.0 Å². The third-order valence-corrected chi connectivity index (χ3v) is 6.77. The summed E-state index contributed by atoms with van der Waals surface area (Å²) in [6.07, 6.45) is 3.93. The zero-order valence-electron chi connectivity index (χ0n) is 14.2. The van der Waals surface area contributed by atoms with Crippen LogP contribution in [0.15, 0.2) is 23.8 Å². The molecule has 0 radical (unpaired) electrons. The molecule has 4 nitrogen and oxygen atoms in total. The molecule has 1 fully saturated rings. The van der Waals surface area contributed by atoms with Gasteiger partial charge in [0.15, 0.2) is 11.6 Å². The van der Waals surface area contributed by atoms with Crippen molar-refractivity contribution < 1.29 is 18.4 Å². The number of hydrogen-bond acceptors (Lipinski definition) is 4. The van der Waals surface area contributed by atoms with E-state index >= 15 is 0 Å². The van der Waals surface area contributed by atoms with Crippen molar-refractivity contribution in [2.24, 2.45) is 5.73 Å². The molecule has 2 N–H and O–H groups in total. The van der Waals surface area contributed by atoms with Crippen molar-refractivity contribution >= 4 is 22.8 Å². The molecular formula is C19H20F2N2O2S. The van der Waals surface area contributed by atoms with Gasteiger partial charge in [-0.1, -0.05) is 11.8 Å². The van der Waals surface area contributed by atoms with Crippen LogP contribution >= 0.6 is 11.8 Å². The number of carbonyl (C=O) groups is 2. The summed E-state index contributed by atoms with van der Waals surface area (Å²) in [5.41, 5.74) is 8.80. The smallest absolute Gasteiger partial charge is 0.224 e. The second-order valence-electron chi connectivity index (χ2n) is 7.23. The molecule has 0 spiro atoms. The van der Waals surface area contributed by atoms with E-state index < -0.39 is 17.7 Å². The van der Waals surface area contributed by atoms with E-state index in [1.165, 1.54) is 23.9 Å². The maximum Gasteiger partial charge on any atom is 0.224 e. The van der Waals surface area contributed by atoms with Gasteiger partial charge >= 0.3 is 0 Å². The van der Waals surface area contributed by atoms with Crippen LogP contribution in [0.5, 0.6) is 0 Å². The number of rotatable bonds is 3. The Morgan fingerprint density at radius 1 is 1.31 bits per heavy atom. The van der Waals surface area contributed by atoms with E-state index in [1.54, 1.807) is 11.0 Å². The zero-order chi connectivity index (χ0) is 18.4. The van der Waals surface area contributed by atoms with Gasteiger partial charge in [0.1, 0.15) is 0 Å². The minimum absolute atomic E-state index is 0.0442. The highest BCUT2D eigenvalue weighted by Crippen LogP contribution is 2.38. The molecule has 3 atom stereocenters. The van der Waals surface area contributed by atoms with Crippen molar-refractivity contribution in [3.63, 3.8) is 0 Å². The van der Waals surface area contributed by atoms with Crippen LogP contribution in [0.25, 0.3) is 0 Å². The third-order valence-electron chi connectivity index (χ3n) is 5.60. The second kappa shape index (κ2) is 6.78. The predicted octanol–water partition coefficient (Wildman–Crippen LogP) is 2.51. The first-order chi connectivity index (χ1) is 12.4. The van der Waals surface area contributed by atoms with Crippen molar-refractivity contribution in [2.45, 2.75) is 42.9 Å². The summed E-state index contributed by atoms with van der Waals surface area (Å²) in [5.74, 6) is -1.89. The average molecular weight is 378 g/mol. The number of nitrogens with two attached hydrogens (primary N) is 1. The Balaban J connectivity index is 1.42. The molecule has 4 rings (SSSR count). The first kappa shape index (κ1) is 17.7. The van der Waals surface area contributed by atoms with Gasteiger partial charge in [-0.05, 0) is 54.2 Å². The van der Waals surface area contributed by atoms with Gasteiger partial charge in [0, 0.05) is 36.7 Å². The summed E-state index contributed by atoms with van der Waals surface area (Å²) in [6, 6.07) is 2.04. The monoisotopic (exact) mass is 378 g/mol. The number of thioether (sulfide) groups is 1. The van der Waals surface area contributed by atoms with Crippen molar-refractivity contribution in [2.75, 3.05) is 13.1 Å². The maximum atomic E-state index is 13.6. The summed E-state index contributed by atoms with van der Waals surface area (Å²) in [4.78, 5) is 25.9. The van der Waals surface area contributed by atoms with Crippen molar-refractivity contribution in [1.82, 2.24) is 4.90 Å². The van der Waals surface area contributed by atoms with Gasteiger partial charge in [-0.15, -0.1) is 0 Å². The van der Waals surface area contributed by atoms with Gasteiger partial charge in [0.2, 0.25) is 11.0 Å². The minimum Gasteiger partial charge on any atom is -0.339 e. The summed E-state index contributed by atoms with van der Waals surface area (Å²) < 4.78 is 27.0. The number of benzene rings is 1. The summed E-state index contributed by atoms with van der Waals surface area (Å²) in [6.45, 7) is 1.10. The average Bonchev–Trinajstić information content (AvgIpc) is 3.16. The number of likely N-dealkylation sites (tertiary alicyclic amines) is 1. The number of halogens is 2.